The van der Waals surface area contributed by atoms with Crippen LogP contribution in [0.4, 0.5) is 0 Å². The quantitative estimate of drug-likeness (QED) is 0.839. The van der Waals surface area contributed by atoms with Crippen LogP contribution in [0.1, 0.15) is 15.9 Å². The second kappa shape index (κ2) is 5.10. The summed E-state index contributed by atoms with van der Waals surface area (Å²) in [4.78, 5) is 2.19. The van der Waals surface area contributed by atoms with Gasteiger partial charge in [-0.2, -0.15) is 0 Å². The SMILES string of the molecule is OC(Cc1sccc1Br)c1ccc(Br)s1. The second-order valence-corrected chi connectivity index (χ2v) is 7.40. The number of hydrogen-bond donors (Lipinski definition) is 1. The van der Waals surface area contributed by atoms with Crippen molar-refractivity contribution in [3.63, 3.8) is 0 Å². The third-order valence-electron chi connectivity index (χ3n) is 1.99. The first-order valence-electron chi connectivity index (χ1n) is 4.32. The van der Waals surface area contributed by atoms with Crippen molar-refractivity contribution < 1.29 is 5.11 Å². The first-order chi connectivity index (χ1) is 7.16. The standard InChI is InChI=1S/C10H8Br2OS2/c11-6-3-4-14-9(6)5-7(13)8-1-2-10(12)15-8/h1-4,7,13H,5H2. The van der Waals surface area contributed by atoms with Gasteiger partial charge in [0.15, 0.2) is 0 Å². The van der Waals surface area contributed by atoms with E-state index in [1.807, 2.05) is 23.6 Å². The number of rotatable bonds is 3. The van der Waals surface area contributed by atoms with Crippen molar-refractivity contribution in [1.82, 2.24) is 0 Å². The molecule has 1 atom stereocenters. The van der Waals surface area contributed by atoms with E-state index in [1.165, 1.54) is 4.88 Å². The van der Waals surface area contributed by atoms with E-state index in [4.69, 9.17) is 0 Å². The Morgan fingerprint density at radius 1 is 1.27 bits per heavy atom. The maximum absolute atomic E-state index is 10.0. The van der Waals surface area contributed by atoms with Gasteiger partial charge in [0.1, 0.15) is 0 Å². The predicted molar refractivity (Wildman–Crippen MR) is 72.7 cm³/mol. The van der Waals surface area contributed by atoms with Crippen LogP contribution < -0.4 is 0 Å². The maximum atomic E-state index is 10.0. The van der Waals surface area contributed by atoms with Crippen LogP contribution in [-0.4, -0.2) is 5.11 Å². The molecule has 1 nitrogen and oxygen atoms in total. The van der Waals surface area contributed by atoms with E-state index < -0.39 is 6.10 Å². The Labute approximate surface area is 113 Å². The van der Waals surface area contributed by atoms with Gasteiger partial charge in [-0.05, 0) is 55.4 Å². The van der Waals surface area contributed by atoms with E-state index >= 15 is 0 Å². The third kappa shape index (κ3) is 2.91. The molecule has 0 aliphatic carbocycles. The van der Waals surface area contributed by atoms with E-state index in [1.54, 1.807) is 22.7 Å². The zero-order chi connectivity index (χ0) is 10.8. The van der Waals surface area contributed by atoms with E-state index in [-0.39, 0.29) is 0 Å². The number of aliphatic hydroxyl groups is 1. The zero-order valence-corrected chi connectivity index (χ0v) is 12.4. The Bertz CT molecular complexity index is 450. The average Bonchev–Trinajstić information content (AvgIpc) is 2.77. The summed E-state index contributed by atoms with van der Waals surface area (Å²) in [5.41, 5.74) is 0. The van der Waals surface area contributed by atoms with Gasteiger partial charge in [-0.1, -0.05) is 0 Å². The van der Waals surface area contributed by atoms with Crippen molar-refractivity contribution in [2.24, 2.45) is 0 Å². The topological polar surface area (TPSA) is 20.2 Å². The van der Waals surface area contributed by atoms with Crippen LogP contribution in [-0.2, 0) is 6.42 Å². The molecule has 1 unspecified atom stereocenters. The monoisotopic (exact) mass is 366 g/mol. The Morgan fingerprint density at radius 2 is 2.07 bits per heavy atom. The molecule has 0 bridgehead atoms. The highest BCUT2D eigenvalue weighted by Gasteiger charge is 2.13. The fourth-order valence-corrected chi connectivity index (χ4v) is 4.22. The van der Waals surface area contributed by atoms with Crippen LogP contribution in [0.5, 0.6) is 0 Å². The van der Waals surface area contributed by atoms with Crippen LogP contribution in [0.25, 0.3) is 0 Å². The summed E-state index contributed by atoms with van der Waals surface area (Å²) in [6.45, 7) is 0. The van der Waals surface area contributed by atoms with Gasteiger partial charge in [0, 0.05) is 20.6 Å². The molecule has 0 radical (unpaired) electrons. The van der Waals surface area contributed by atoms with Crippen molar-refractivity contribution in [2.75, 3.05) is 0 Å². The molecule has 0 fully saturated rings. The third-order valence-corrected chi connectivity index (χ3v) is 5.67. The molecule has 0 saturated carbocycles. The van der Waals surface area contributed by atoms with E-state index in [2.05, 4.69) is 31.9 Å². The lowest BCUT2D eigenvalue weighted by Crippen LogP contribution is -1.97. The number of halogens is 2. The van der Waals surface area contributed by atoms with Gasteiger partial charge in [-0.25, -0.2) is 0 Å². The second-order valence-electron chi connectivity index (χ2n) is 3.05. The van der Waals surface area contributed by atoms with Gasteiger partial charge >= 0.3 is 0 Å². The van der Waals surface area contributed by atoms with Gasteiger partial charge in [-0.3, -0.25) is 0 Å². The summed E-state index contributed by atoms with van der Waals surface area (Å²) in [7, 11) is 0. The summed E-state index contributed by atoms with van der Waals surface area (Å²) in [5, 5.41) is 12.0. The van der Waals surface area contributed by atoms with E-state index in [0.717, 1.165) is 13.1 Å². The molecule has 2 rings (SSSR count). The molecule has 80 valence electrons. The molecule has 2 heterocycles. The molecule has 0 aromatic carbocycles. The molecule has 1 N–H and O–H groups in total. The molecule has 0 aliphatic heterocycles. The fourth-order valence-electron chi connectivity index (χ4n) is 1.25. The minimum atomic E-state index is -0.406. The molecular weight excluding hydrogens is 360 g/mol. The van der Waals surface area contributed by atoms with Crippen LogP contribution in [0.3, 0.4) is 0 Å². The van der Waals surface area contributed by atoms with Crippen molar-refractivity contribution in [2.45, 2.75) is 12.5 Å². The first kappa shape index (κ1) is 11.8. The molecule has 2 aromatic rings. The number of hydrogen-bond acceptors (Lipinski definition) is 3. The maximum Gasteiger partial charge on any atom is 0.0930 e. The zero-order valence-electron chi connectivity index (χ0n) is 7.61. The lowest BCUT2D eigenvalue weighted by Gasteiger charge is -2.06. The molecule has 2 aromatic heterocycles. The predicted octanol–water partition coefficient (Wildman–Crippen LogP) is 4.61. The van der Waals surface area contributed by atoms with Crippen molar-refractivity contribution in [3.8, 4) is 0 Å². The lowest BCUT2D eigenvalue weighted by molar-refractivity contribution is 0.183. The number of aliphatic hydroxyl groups excluding tert-OH is 1. The Hall–Kier alpha value is 0.320. The summed E-state index contributed by atoms with van der Waals surface area (Å²) in [6, 6.07) is 5.94. The van der Waals surface area contributed by atoms with Gasteiger partial charge in [0.2, 0.25) is 0 Å². The van der Waals surface area contributed by atoms with Gasteiger partial charge in [0.25, 0.3) is 0 Å². The Morgan fingerprint density at radius 3 is 2.60 bits per heavy atom. The Balaban J connectivity index is 2.10. The van der Waals surface area contributed by atoms with Crippen molar-refractivity contribution in [1.29, 1.82) is 0 Å². The summed E-state index contributed by atoms with van der Waals surface area (Å²) in [6.07, 6.45) is 0.266. The molecule has 0 saturated heterocycles. The summed E-state index contributed by atoms with van der Waals surface area (Å²) in [5.74, 6) is 0. The van der Waals surface area contributed by atoms with Crippen LogP contribution >= 0.6 is 54.5 Å². The summed E-state index contributed by atoms with van der Waals surface area (Å²) >= 11 is 10.1. The van der Waals surface area contributed by atoms with Crippen molar-refractivity contribution in [3.05, 3.63) is 41.6 Å². The largest absolute Gasteiger partial charge is 0.387 e. The molecular formula is C10H8Br2OS2. The van der Waals surface area contributed by atoms with Crippen LogP contribution in [0, 0.1) is 0 Å². The highest BCUT2D eigenvalue weighted by Crippen LogP contribution is 2.32. The minimum Gasteiger partial charge on any atom is -0.387 e. The van der Waals surface area contributed by atoms with Gasteiger partial charge in [-0.15, -0.1) is 22.7 Å². The van der Waals surface area contributed by atoms with E-state index in [9.17, 15) is 5.11 Å². The number of thiophene rings is 2. The first-order valence-corrected chi connectivity index (χ1v) is 7.60. The highest BCUT2D eigenvalue weighted by atomic mass is 79.9. The highest BCUT2D eigenvalue weighted by molar-refractivity contribution is 9.11. The van der Waals surface area contributed by atoms with E-state index in [0.29, 0.717) is 6.42 Å². The summed E-state index contributed by atoms with van der Waals surface area (Å²) < 4.78 is 2.14. The van der Waals surface area contributed by atoms with Gasteiger partial charge in [0.05, 0.1) is 9.89 Å². The average molecular weight is 368 g/mol. The molecule has 0 spiro atoms. The Kier molecular flexibility index (Phi) is 4.01. The molecule has 0 amide bonds. The molecule has 0 aliphatic rings. The van der Waals surface area contributed by atoms with Crippen molar-refractivity contribution >= 4 is 54.5 Å². The lowest BCUT2D eigenvalue weighted by atomic mass is 10.2. The smallest absolute Gasteiger partial charge is 0.0930 e. The normalized spacial score (nSPS) is 13.0. The van der Waals surface area contributed by atoms with Crippen LogP contribution in [0.15, 0.2) is 31.8 Å². The van der Waals surface area contributed by atoms with Crippen LogP contribution in [0.2, 0.25) is 0 Å². The molecule has 5 heteroatoms. The fraction of sp³-hybridized carbons (Fsp3) is 0.200. The van der Waals surface area contributed by atoms with Gasteiger partial charge < -0.3 is 5.11 Å². The molecule has 15 heavy (non-hydrogen) atoms. The minimum absolute atomic E-state index is 0.406.